The van der Waals surface area contributed by atoms with Crippen molar-refractivity contribution in [1.82, 2.24) is 9.88 Å². The number of nitrogens with zero attached hydrogens (tertiary/aromatic N) is 2. The number of hydrogen-bond donors (Lipinski definition) is 1. The zero-order valence-electron chi connectivity index (χ0n) is 20.5. The molecule has 0 aliphatic carbocycles. The van der Waals surface area contributed by atoms with E-state index in [1.165, 1.54) is 6.07 Å². The number of carbonyl (C=O) groups is 1. The van der Waals surface area contributed by atoms with Crippen LogP contribution in [0.2, 0.25) is 0 Å². The molecule has 1 saturated heterocycles. The van der Waals surface area contributed by atoms with Crippen LogP contribution in [-0.2, 0) is 16.1 Å². The number of fused-ring (bicyclic) bond motifs is 1. The van der Waals surface area contributed by atoms with Crippen LogP contribution in [-0.4, -0.2) is 59.5 Å². The minimum atomic E-state index is -4.55. The molecule has 0 spiro atoms. The molecule has 198 valence electrons. The van der Waals surface area contributed by atoms with E-state index in [9.17, 15) is 23.1 Å². The minimum Gasteiger partial charge on any atom is -0.484 e. The number of alkyl halides is 3. The molecule has 0 amide bonds. The lowest BCUT2D eigenvalue weighted by Gasteiger charge is -2.33. The standard InChI is InChI=1S/C28H25F3N2O5/c1-17-20(18-6-3-2-4-7-18)8-5-9-21(17)26-32-22-12-19(14-33-10-11-36-15-23(33)27(34)35)24(13-25(22)38-26)37-16-28(29,30)31/h2-9,12-13,23H,10-11,14-16H2,1H3,(H,34,35)/t23-/m0/s1. The summed E-state index contributed by atoms with van der Waals surface area (Å²) in [6.45, 7) is 1.13. The van der Waals surface area contributed by atoms with Crippen molar-refractivity contribution >= 4 is 17.1 Å². The van der Waals surface area contributed by atoms with Gasteiger partial charge in [0.25, 0.3) is 0 Å². The topological polar surface area (TPSA) is 85.0 Å². The molecular formula is C28H25F3N2O5. The van der Waals surface area contributed by atoms with Gasteiger partial charge in [-0.1, -0.05) is 42.5 Å². The number of benzene rings is 3. The summed E-state index contributed by atoms with van der Waals surface area (Å²) < 4.78 is 55.4. The van der Waals surface area contributed by atoms with Crippen molar-refractivity contribution in [1.29, 1.82) is 0 Å². The smallest absolute Gasteiger partial charge is 0.422 e. The minimum absolute atomic E-state index is 0.0124. The third-order valence-electron chi connectivity index (χ3n) is 6.51. The number of carboxylic acid groups (broad SMARTS) is 1. The summed E-state index contributed by atoms with van der Waals surface area (Å²) in [7, 11) is 0. The van der Waals surface area contributed by atoms with Gasteiger partial charge in [-0.25, -0.2) is 4.98 Å². The molecule has 0 unspecified atom stereocenters. The summed E-state index contributed by atoms with van der Waals surface area (Å²) in [4.78, 5) is 18.0. The number of aliphatic carboxylic acids is 1. The van der Waals surface area contributed by atoms with Crippen molar-refractivity contribution < 1.29 is 37.0 Å². The number of carboxylic acids is 1. The number of ether oxygens (including phenoxy) is 2. The molecular weight excluding hydrogens is 501 g/mol. The van der Waals surface area contributed by atoms with Gasteiger partial charge in [-0.3, -0.25) is 9.69 Å². The number of rotatable bonds is 7. The maximum absolute atomic E-state index is 13.0. The van der Waals surface area contributed by atoms with Crippen LogP contribution in [0.15, 0.2) is 65.1 Å². The summed E-state index contributed by atoms with van der Waals surface area (Å²) >= 11 is 0. The van der Waals surface area contributed by atoms with E-state index in [1.54, 1.807) is 11.0 Å². The van der Waals surface area contributed by atoms with Crippen molar-refractivity contribution in [3.63, 3.8) is 0 Å². The number of hydrogen-bond acceptors (Lipinski definition) is 6. The second kappa shape index (κ2) is 10.5. The third-order valence-corrected chi connectivity index (χ3v) is 6.51. The molecule has 5 rings (SSSR count). The van der Waals surface area contributed by atoms with Crippen LogP contribution in [0.3, 0.4) is 0 Å². The fraction of sp³-hybridized carbons (Fsp3) is 0.286. The van der Waals surface area contributed by atoms with Gasteiger partial charge in [0.2, 0.25) is 5.89 Å². The highest BCUT2D eigenvalue weighted by Crippen LogP contribution is 2.35. The molecule has 4 aromatic rings. The average Bonchev–Trinajstić information content (AvgIpc) is 3.30. The molecule has 2 heterocycles. The summed E-state index contributed by atoms with van der Waals surface area (Å²) in [5.41, 5.74) is 4.81. The Labute approximate surface area is 216 Å². The Morgan fingerprint density at radius 2 is 1.89 bits per heavy atom. The Balaban J connectivity index is 1.54. The highest BCUT2D eigenvalue weighted by Gasteiger charge is 2.32. The second-order valence-corrected chi connectivity index (χ2v) is 9.09. The molecule has 0 bridgehead atoms. The third kappa shape index (κ3) is 5.51. The van der Waals surface area contributed by atoms with Gasteiger partial charge in [-0.05, 0) is 35.7 Å². The van der Waals surface area contributed by atoms with Gasteiger partial charge in [-0.15, -0.1) is 0 Å². The highest BCUT2D eigenvalue weighted by atomic mass is 19.4. The summed E-state index contributed by atoms with van der Waals surface area (Å²) in [5, 5.41) is 9.57. The van der Waals surface area contributed by atoms with E-state index in [0.29, 0.717) is 30.1 Å². The molecule has 1 atom stereocenters. The van der Waals surface area contributed by atoms with Crippen molar-refractivity contribution in [3.05, 3.63) is 71.8 Å². The predicted molar refractivity (Wildman–Crippen MR) is 134 cm³/mol. The van der Waals surface area contributed by atoms with Gasteiger partial charge in [0, 0.05) is 30.3 Å². The predicted octanol–water partition coefficient (Wildman–Crippen LogP) is 5.70. The number of oxazole rings is 1. The summed E-state index contributed by atoms with van der Waals surface area (Å²) in [6, 6.07) is 17.7. The van der Waals surface area contributed by atoms with Gasteiger partial charge in [0.15, 0.2) is 12.2 Å². The van der Waals surface area contributed by atoms with E-state index < -0.39 is 24.8 Å². The quantitative estimate of drug-likeness (QED) is 0.331. The van der Waals surface area contributed by atoms with Crippen molar-refractivity contribution in [2.75, 3.05) is 26.4 Å². The number of aromatic nitrogens is 1. The van der Waals surface area contributed by atoms with Crippen LogP contribution < -0.4 is 4.74 Å². The fourth-order valence-electron chi connectivity index (χ4n) is 4.60. The first-order valence-electron chi connectivity index (χ1n) is 12.0. The molecule has 3 aromatic carbocycles. The molecule has 1 N–H and O–H groups in total. The van der Waals surface area contributed by atoms with Gasteiger partial charge < -0.3 is 19.0 Å². The molecule has 1 aliphatic rings. The van der Waals surface area contributed by atoms with E-state index in [-0.39, 0.29) is 24.5 Å². The van der Waals surface area contributed by atoms with Crippen LogP contribution in [0, 0.1) is 6.92 Å². The van der Waals surface area contributed by atoms with Gasteiger partial charge in [-0.2, -0.15) is 13.2 Å². The Morgan fingerprint density at radius 1 is 1.13 bits per heavy atom. The normalized spacial score (nSPS) is 16.6. The van der Waals surface area contributed by atoms with Crippen molar-refractivity contribution in [2.24, 2.45) is 0 Å². The first-order valence-corrected chi connectivity index (χ1v) is 12.0. The molecule has 1 aromatic heterocycles. The molecule has 0 radical (unpaired) electrons. The SMILES string of the molecule is Cc1c(-c2ccccc2)cccc1-c1nc2cc(CN3CCOC[C@H]3C(=O)O)c(OCC(F)(F)F)cc2o1. The molecule has 1 aliphatic heterocycles. The first-order chi connectivity index (χ1) is 18.2. The Morgan fingerprint density at radius 3 is 2.63 bits per heavy atom. The second-order valence-electron chi connectivity index (χ2n) is 9.09. The molecule has 1 fully saturated rings. The lowest BCUT2D eigenvalue weighted by Crippen LogP contribution is -2.49. The number of halogens is 3. The monoisotopic (exact) mass is 526 g/mol. The molecule has 7 nitrogen and oxygen atoms in total. The lowest BCUT2D eigenvalue weighted by atomic mass is 9.96. The first kappa shape index (κ1) is 25.7. The van der Waals surface area contributed by atoms with E-state index in [1.807, 2.05) is 55.5 Å². The van der Waals surface area contributed by atoms with Crippen molar-refractivity contribution in [3.8, 4) is 28.3 Å². The summed E-state index contributed by atoms with van der Waals surface area (Å²) in [6.07, 6.45) is -4.55. The lowest BCUT2D eigenvalue weighted by molar-refractivity contribution is -0.153. The van der Waals surface area contributed by atoms with Crippen LogP contribution in [0.5, 0.6) is 5.75 Å². The van der Waals surface area contributed by atoms with E-state index in [4.69, 9.17) is 13.9 Å². The maximum atomic E-state index is 13.0. The van der Waals surface area contributed by atoms with Crippen LogP contribution in [0.25, 0.3) is 33.7 Å². The zero-order chi connectivity index (χ0) is 26.9. The maximum Gasteiger partial charge on any atom is 0.422 e. The van der Waals surface area contributed by atoms with E-state index in [0.717, 1.165) is 22.3 Å². The van der Waals surface area contributed by atoms with Gasteiger partial charge >= 0.3 is 12.1 Å². The van der Waals surface area contributed by atoms with Gasteiger partial charge in [0.1, 0.15) is 17.3 Å². The Hall–Kier alpha value is -3.89. The Kier molecular flexibility index (Phi) is 7.09. The summed E-state index contributed by atoms with van der Waals surface area (Å²) in [5.74, 6) is -0.784. The van der Waals surface area contributed by atoms with Crippen molar-refractivity contribution in [2.45, 2.75) is 25.7 Å². The largest absolute Gasteiger partial charge is 0.484 e. The number of morpholine rings is 1. The van der Waals surface area contributed by atoms with E-state index in [2.05, 4.69) is 4.98 Å². The van der Waals surface area contributed by atoms with Crippen LogP contribution in [0.1, 0.15) is 11.1 Å². The van der Waals surface area contributed by atoms with Crippen LogP contribution in [0.4, 0.5) is 13.2 Å². The fourth-order valence-corrected chi connectivity index (χ4v) is 4.60. The van der Waals surface area contributed by atoms with E-state index >= 15 is 0 Å². The van der Waals surface area contributed by atoms with Crippen LogP contribution >= 0.6 is 0 Å². The highest BCUT2D eigenvalue weighted by molar-refractivity contribution is 5.82. The molecule has 0 saturated carbocycles. The van der Waals surface area contributed by atoms with Gasteiger partial charge in [0.05, 0.1) is 13.2 Å². The average molecular weight is 527 g/mol. The molecule has 10 heteroatoms. The molecule has 38 heavy (non-hydrogen) atoms. The zero-order valence-corrected chi connectivity index (χ0v) is 20.5. The Bertz CT molecular complexity index is 1450.